The number of Topliss-reactive ketones (excluding diaryl/α,β-unsaturated/α-hetero) is 1. The summed E-state index contributed by atoms with van der Waals surface area (Å²) in [7, 11) is 0. The van der Waals surface area contributed by atoms with Crippen molar-refractivity contribution in [1.82, 2.24) is 10.6 Å². The Bertz CT molecular complexity index is 793. The molecule has 0 radical (unpaired) electrons. The molecule has 2 heterocycles. The number of ketones is 1. The lowest BCUT2D eigenvalue weighted by Crippen LogP contribution is -2.28. The molecule has 0 saturated heterocycles. The molecule has 0 aliphatic carbocycles. The highest BCUT2D eigenvalue weighted by Crippen LogP contribution is 2.08. The van der Waals surface area contributed by atoms with Gasteiger partial charge in [0.15, 0.2) is 13.2 Å². The Hall–Kier alpha value is -3.05. The van der Waals surface area contributed by atoms with E-state index in [1.165, 1.54) is 22.7 Å². The number of amides is 2. The lowest BCUT2D eigenvalue weighted by atomic mass is 10.4. The van der Waals surface area contributed by atoms with Gasteiger partial charge < -0.3 is 20.1 Å². The Balaban J connectivity index is 1.50. The summed E-state index contributed by atoms with van der Waals surface area (Å²) in [6.07, 6.45) is -0.178. The summed E-state index contributed by atoms with van der Waals surface area (Å²) < 4.78 is 9.56. The zero-order valence-electron chi connectivity index (χ0n) is 15.9. The highest BCUT2D eigenvalue weighted by Gasteiger charge is 2.13. The van der Waals surface area contributed by atoms with Crippen molar-refractivity contribution in [3.8, 4) is 0 Å². The maximum Gasteiger partial charge on any atom is 0.308 e. The van der Waals surface area contributed by atoms with Crippen LogP contribution < -0.4 is 10.6 Å². The number of hydrogen-bond donors (Lipinski definition) is 2. The molecular formula is C19H20N2O7S2. The lowest BCUT2D eigenvalue weighted by Gasteiger charge is -2.07. The number of nitrogens with one attached hydrogen (secondary N) is 2. The predicted molar refractivity (Wildman–Crippen MR) is 109 cm³/mol. The van der Waals surface area contributed by atoms with Gasteiger partial charge in [0.1, 0.15) is 0 Å². The molecule has 0 aliphatic heterocycles. The Morgan fingerprint density at radius 1 is 0.733 bits per heavy atom. The van der Waals surface area contributed by atoms with Gasteiger partial charge in [0.2, 0.25) is 5.78 Å². The third-order valence-electron chi connectivity index (χ3n) is 3.51. The summed E-state index contributed by atoms with van der Waals surface area (Å²) in [5, 5.41) is 8.67. The van der Waals surface area contributed by atoms with Crippen molar-refractivity contribution in [2.75, 3.05) is 26.3 Å². The van der Waals surface area contributed by atoms with Gasteiger partial charge in [0, 0.05) is 13.1 Å². The topological polar surface area (TPSA) is 128 Å². The van der Waals surface area contributed by atoms with Crippen LogP contribution in [-0.2, 0) is 23.9 Å². The van der Waals surface area contributed by atoms with Gasteiger partial charge in [-0.3, -0.25) is 24.0 Å². The molecule has 2 aromatic rings. The molecule has 11 heteroatoms. The van der Waals surface area contributed by atoms with Gasteiger partial charge in [-0.25, -0.2) is 0 Å². The monoisotopic (exact) mass is 452 g/mol. The summed E-state index contributed by atoms with van der Waals surface area (Å²) in [4.78, 5) is 59.3. The SMILES string of the molecule is O=C(COC(=O)CCNC(=O)c1cccs1)COC(=O)CCNC(=O)c1cccs1. The van der Waals surface area contributed by atoms with Crippen molar-refractivity contribution in [2.45, 2.75) is 12.8 Å². The number of ether oxygens (including phenoxy) is 2. The van der Waals surface area contributed by atoms with Crippen molar-refractivity contribution in [1.29, 1.82) is 0 Å². The van der Waals surface area contributed by atoms with Crippen LogP contribution in [-0.4, -0.2) is 55.8 Å². The van der Waals surface area contributed by atoms with Crippen molar-refractivity contribution in [3.05, 3.63) is 44.8 Å². The number of carbonyl (C=O) groups excluding carboxylic acids is 5. The molecule has 2 aromatic heterocycles. The summed E-state index contributed by atoms with van der Waals surface area (Å²) in [5.74, 6) is -2.46. The highest BCUT2D eigenvalue weighted by atomic mass is 32.1. The normalized spacial score (nSPS) is 10.1. The summed E-state index contributed by atoms with van der Waals surface area (Å²) in [6, 6.07) is 6.81. The molecule has 160 valence electrons. The van der Waals surface area contributed by atoms with E-state index in [1.807, 2.05) is 0 Å². The van der Waals surface area contributed by atoms with Crippen molar-refractivity contribution in [2.24, 2.45) is 0 Å². The van der Waals surface area contributed by atoms with Crippen molar-refractivity contribution < 1.29 is 33.4 Å². The molecule has 2 N–H and O–H groups in total. The molecule has 0 saturated carbocycles. The molecule has 9 nitrogen and oxygen atoms in total. The van der Waals surface area contributed by atoms with Crippen LogP contribution in [0.4, 0.5) is 0 Å². The fourth-order valence-corrected chi connectivity index (χ4v) is 3.33. The fourth-order valence-electron chi connectivity index (χ4n) is 2.05. The van der Waals surface area contributed by atoms with Crippen molar-refractivity contribution in [3.63, 3.8) is 0 Å². The van der Waals surface area contributed by atoms with Crippen LogP contribution in [0.5, 0.6) is 0 Å². The number of rotatable bonds is 12. The van der Waals surface area contributed by atoms with Crippen LogP contribution in [0.25, 0.3) is 0 Å². The van der Waals surface area contributed by atoms with Crippen LogP contribution in [0.2, 0.25) is 0 Å². The molecule has 0 aromatic carbocycles. The van der Waals surface area contributed by atoms with Gasteiger partial charge in [-0.1, -0.05) is 12.1 Å². The standard InChI is InChI=1S/C19H20N2O7S2/c22-13(11-27-16(23)5-7-20-18(25)14-3-1-9-29-14)12-28-17(24)6-8-21-19(26)15-4-2-10-30-15/h1-4,9-10H,5-8,11-12H2,(H,20,25)(H,21,26). The number of esters is 2. The maximum absolute atomic E-state index is 11.7. The van der Waals surface area contributed by atoms with E-state index in [-0.39, 0.29) is 37.7 Å². The van der Waals surface area contributed by atoms with Crippen LogP contribution in [0, 0.1) is 0 Å². The predicted octanol–water partition coefficient (Wildman–Crippen LogP) is 1.41. The minimum absolute atomic E-state index is 0.0793. The maximum atomic E-state index is 11.7. The fraction of sp³-hybridized carbons (Fsp3) is 0.316. The number of thiophene rings is 2. The lowest BCUT2D eigenvalue weighted by molar-refractivity contribution is -0.152. The van der Waals surface area contributed by atoms with Gasteiger partial charge in [0.05, 0.1) is 22.6 Å². The second kappa shape index (κ2) is 12.5. The Kier molecular flexibility index (Phi) is 9.68. The van der Waals surface area contributed by atoms with E-state index in [1.54, 1.807) is 35.0 Å². The number of carbonyl (C=O) groups is 5. The van der Waals surface area contributed by atoms with E-state index in [0.29, 0.717) is 9.75 Å². The molecular weight excluding hydrogens is 432 g/mol. The average molecular weight is 453 g/mol. The minimum atomic E-state index is -0.655. The summed E-state index contributed by atoms with van der Waals surface area (Å²) in [6.45, 7) is -0.897. The Labute approximate surface area is 180 Å². The smallest absolute Gasteiger partial charge is 0.308 e. The summed E-state index contributed by atoms with van der Waals surface area (Å²) >= 11 is 2.57. The molecule has 0 unspecified atom stereocenters. The van der Waals surface area contributed by atoms with Crippen molar-refractivity contribution >= 4 is 52.2 Å². The molecule has 0 atom stereocenters. The zero-order chi connectivity index (χ0) is 21.8. The van der Waals surface area contributed by atoms with E-state index in [4.69, 9.17) is 9.47 Å². The van der Waals surface area contributed by atoms with E-state index in [2.05, 4.69) is 10.6 Å². The van der Waals surface area contributed by atoms with Crippen LogP contribution in [0.3, 0.4) is 0 Å². The first-order chi connectivity index (χ1) is 14.5. The molecule has 0 spiro atoms. The highest BCUT2D eigenvalue weighted by molar-refractivity contribution is 7.12. The van der Waals surface area contributed by atoms with E-state index in [0.717, 1.165) is 0 Å². The third-order valence-corrected chi connectivity index (χ3v) is 5.24. The molecule has 2 amide bonds. The molecule has 2 rings (SSSR count). The largest absolute Gasteiger partial charge is 0.457 e. The second-order valence-electron chi connectivity index (χ2n) is 5.83. The Morgan fingerprint density at radius 3 is 1.53 bits per heavy atom. The van der Waals surface area contributed by atoms with Crippen LogP contribution in [0.15, 0.2) is 35.0 Å². The van der Waals surface area contributed by atoms with Gasteiger partial charge in [-0.15, -0.1) is 22.7 Å². The van der Waals surface area contributed by atoms with E-state index < -0.39 is 30.9 Å². The van der Waals surface area contributed by atoms with E-state index >= 15 is 0 Å². The second-order valence-corrected chi connectivity index (χ2v) is 7.72. The number of hydrogen-bond acceptors (Lipinski definition) is 9. The van der Waals surface area contributed by atoms with E-state index in [9.17, 15) is 24.0 Å². The quantitative estimate of drug-likeness (QED) is 0.466. The first kappa shape index (κ1) is 23.2. The third kappa shape index (κ3) is 8.53. The van der Waals surface area contributed by atoms with Gasteiger partial charge in [-0.05, 0) is 22.9 Å². The Morgan fingerprint density at radius 2 is 1.17 bits per heavy atom. The first-order valence-corrected chi connectivity index (χ1v) is 10.7. The van der Waals surface area contributed by atoms with Crippen LogP contribution >= 0.6 is 22.7 Å². The van der Waals surface area contributed by atoms with Gasteiger partial charge in [0.25, 0.3) is 11.8 Å². The zero-order valence-corrected chi connectivity index (χ0v) is 17.5. The first-order valence-electron chi connectivity index (χ1n) is 8.92. The van der Waals surface area contributed by atoms with Crippen LogP contribution in [0.1, 0.15) is 32.2 Å². The molecule has 0 bridgehead atoms. The van der Waals surface area contributed by atoms with Gasteiger partial charge >= 0.3 is 11.9 Å². The summed E-state index contributed by atoms with van der Waals surface area (Å²) in [5.41, 5.74) is 0. The molecule has 0 aliphatic rings. The molecule has 30 heavy (non-hydrogen) atoms. The minimum Gasteiger partial charge on any atom is -0.457 e. The average Bonchev–Trinajstić information content (AvgIpc) is 3.44. The van der Waals surface area contributed by atoms with Gasteiger partial charge in [-0.2, -0.15) is 0 Å². The molecule has 0 fully saturated rings.